The average Bonchev–Trinajstić information content (AvgIpc) is 1.57. The zero-order valence-electron chi connectivity index (χ0n) is 64.4. The molecule has 3 aliphatic heterocycles. The molecule has 37 heteroatoms. The van der Waals surface area contributed by atoms with Gasteiger partial charge in [-0.15, -0.1) is 35.0 Å². The summed E-state index contributed by atoms with van der Waals surface area (Å²) >= 11 is 20.3. The van der Waals surface area contributed by atoms with Crippen LogP contribution in [0.25, 0.3) is 21.8 Å². The van der Waals surface area contributed by atoms with Gasteiger partial charge in [-0.1, -0.05) is 26.0 Å². The molecule has 4 atom stereocenters. The van der Waals surface area contributed by atoms with Crippen LogP contribution in [0.1, 0.15) is 98.4 Å². The minimum atomic E-state index is -4.99. The number of hydrogen-bond donors (Lipinski definition) is 8. The molecule has 2 aromatic heterocycles. The summed E-state index contributed by atoms with van der Waals surface area (Å²) in [7, 11) is -1.69. The number of rotatable bonds is 45. The Bertz CT molecular complexity index is 4390. The number of thioether (sulfide) groups is 1. The number of carbonyl (C=O) groups is 9. The number of imide groups is 1. The summed E-state index contributed by atoms with van der Waals surface area (Å²) in [6, 6.07) is 8.29. The highest BCUT2D eigenvalue weighted by atomic mass is 35.5. The van der Waals surface area contributed by atoms with Crippen LogP contribution in [0.5, 0.6) is 11.5 Å². The van der Waals surface area contributed by atoms with Gasteiger partial charge in [0, 0.05) is 136 Å². The Kier molecular flexibility index (Phi) is 30.6. The number of halogens is 2. The highest BCUT2D eigenvalue weighted by Gasteiger charge is 2.76. The third-order valence-corrected chi connectivity index (χ3v) is 23.1. The van der Waals surface area contributed by atoms with Crippen molar-refractivity contribution in [1.82, 2.24) is 35.3 Å². The van der Waals surface area contributed by atoms with Crippen LogP contribution < -0.4 is 40.7 Å². The number of primary amides is 1. The van der Waals surface area contributed by atoms with Gasteiger partial charge in [0.15, 0.2) is 17.3 Å². The summed E-state index contributed by atoms with van der Waals surface area (Å²) in [5.41, 5.74) is 10.2. The maximum absolute atomic E-state index is 15.0. The van der Waals surface area contributed by atoms with E-state index in [-0.39, 0.29) is 155 Å². The molecule has 3 fully saturated rings. The molecule has 2 bridgehead atoms. The van der Waals surface area contributed by atoms with E-state index in [1.54, 1.807) is 85.4 Å². The standard InChI is InChI=1S/C76H100Cl2N11O21PS2/c1-45(2)65(84-59(91)14-19-102-21-23-104-25-27-106-29-30-107-28-26-105-24-22-103-20-18-87-60(92)34-58(113-7)69(87)94)55(90)31-49(9-8-15-80-72(79)97)68(93)83-52-12-10-48(11-13-52)41-108-73(98)85(5)16-17-86(6)74(112)109-56-32-53-63(61-46(3)37-81-66(56)61)50(35-77)39-88(53)70(95)75-42-76(43-75,44-75)71(96)89-40-51(36-78)64-54(89)33-57(110-111(99,100)101)67-62(64)47(4)38-82-67/h10-13,32-34,37-38,45,49-51,65,81-82H,8-9,14-31,35-36,39-44H2,1-7H3,(H,83,93)(H,84,91)(H3,79,80,97)(H2,99,100,101)/t49-,50-,51-,65+,75?,76?/m1/s1. The van der Waals surface area contributed by atoms with Crippen LogP contribution in [0.3, 0.4) is 0 Å². The van der Waals surface area contributed by atoms with E-state index in [1.807, 2.05) is 20.0 Å². The van der Waals surface area contributed by atoms with Crippen LogP contribution in [-0.2, 0) is 77.9 Å². The van der Waals surface area contributed by atoms with Crippen molar-refractivity contribution in [2.75, 3.05) is 166 Å². The highest BCUT2D eigenvalue weighted by Crippen LogP contribution is 2.75. The first-order valence-electron chi connectivity index (χ1n) is 37.5. The van der Waals surface area contributed by atoms with Crippen molar-refractivity contribution in [3.8, 4) is 11.5 Å². The van der Waals surface area contributed by atoms with Gasteiger partial charge < -0.3 is 93.7 Å². The number of carbonyl (C=O) groups excluding carboxylic acids is 9. The zero-order chi connectivity index (χ0) is 81.5. The number of nitrogens with two attached hydrogens (primary N) is 1. The van der Waals surface area contributed by atoms with Crippen molar-refractivity contribution in [2.24, 2.45) is 28.4 Å². The van der Waals surface area contributed by atoms with Crippen molar-refractivity contribution in [3.05, 3.63) is 87.6 Å². The predicted octanol–water partition coefficient (Wildman–Crippen LogP) is 8.02. The largest absolute Gasteiger partial charge is 0.524 e. The van der Waals surface area contributed by atoms with Crippen LogP contribution in [0, 0.1) is 36.5 Å². The second kappa shape index (κ2) is 39.6. The van der Waals surface area contributed by atoms with Crippen molar-refractivity contribution < 1.29 is 99.9 Å². The minimum Gasteiger partial charge on any atom is -0.445 e. The molecule has 3 aromatic carbocycles. The fraction of sp³-hybridized carbons (Fsp3) is 0.553. The van der Waals surface area contributed by atoms with Crippen molar-refractivity contribution >= 4 is 152 Å². The molecule has 0 radical (unpaired) electrons. The predicted molar refractivity (Wildman–Crippen MR) is 427 cm³/mol. The Hall–Kier alpha value is -7.96. The number of Topliss-reactive ketones (excluding diaryl/α,β-unsaturated/α-hetero) is 1. The number of H-pyrrole nitrogens is 2. The quantitative estimate of drug-likeness (QED) is 0.00601. The Balaban J connectivity index is 0.623. The van der Waals surface area contributed by atoms with Gasteiger partial charge in [0.1, 0.15) is 6.61 Å². The molecule has 5 aromatic rings. The Morgan fingerprint density at radius 3 is 1.74 bits per heavy atom. The number of nitrogens with one attached hydrogen (secondary N) is 5. The SMILES string of the molecule is CSC1=CC(=O)N(CCOCCOCCOCCOCCOCCOCCC(=O)N[C@H](C(=O)C[C@@H](CCCNC(N)=O)C(=O)Nc2ccc(COC(=O)N(C)CCN(C)C(=S)Oc3cc4c(c5c(C)c[nH]c35)[C@H](CCl)CN4C(=O)C34CC(C(=O)N5C[C@@H](CCl)c6c5cc(OP(=O)(O)O)c5[nH]cc(C)c65)(C3)C4)cc2)C(C)C)C1=O. The molecule has 113 heavy (non-hydrogen) atoms. The molecular weight excluding hydrogens is 1570 g/mol. The number of hydrogen-bond acceptors (Lipinski definition) is 21. The fourth-order valence-electron chi connectivity index (χ4n) is 15.1. The van der Waals surface area contributed by atoms with Crippen molar-refractivity contribution in [3.63, 3.8) is 0 Å². The number of aromatic amines is 2. The highest BCUT2D eigenvalue weighted by molar-refractivity contribution is 8.03. The third-order valence-electron chi connectivity index (χ3n) is 20.8. The molecule has 3 saturated carbocycles. The lowest BCUT2D eigenvalue weighted by Crippen LogP contribution is -2.73. The Labute approximate surface area is 674 Å². The second-order valence-corrected chi connectivity index (χ2v) is 32.2. The van der Waals surface area contributed by atoms with E-state index in [0.29, 0.717) is 135 Å². The molecule has 11 rings (SSSR count). The van der Waals surface area contributed by atoms with Crippen molar-refractivity contribution in [1.29, 1.82) is 0 Å². The lowest BCUT2D eigenvalue weighted by Gasteiger charge is -2.69. The topological polar surface area (TPSA) is 404 Å². The zero-order valence-corrected chi connectivity index (χ0v) is 68.4. The molecule has 32 nitrogen and oxygen atoms in total. The van der Waals surface area contributed by atoms with Gasteiger partial charge >= 0.3 is 19.9 Å². The molecule has 616 valence electrons. The number of aryl methyl sites for hydroxylation is 2. The molecule has 9 N–H and O–H groups in total. The Morgan fingerprint density at radius 1 is 0.743 bits per heavy atom. The first-order valence-corrected chi connectivity index (χ1v) is 41.7. The number of ether oxygens (including phenoxy) is 8. The monoisotopic (exact) mass is 1670 g/mol. The van der Waals surface area contributed by atoms with E-state index in [9.17, 15) is 52.7 Å². The smallest absolute Gasteiger partial charge is 0.445 e. The van der Waals surface area contributed by atoms with Gasteiger partial charge in [-0.25, -0.2) is 14.2 Å². The first-order chi connectivity index (χ1) is 54.0. The number of urea groups is 1. The number of likely N-dealkylation sites (N-methyl/N-ethyl adjacent to an activating group) is 2. The van der Waals surface area contributed by atoms with E-state index in [4.69, 9.17) is 83.6 Å². The van der Waals surface area contributed by atoms with Crippen LogP contribution in [0.4, 0.5) is 26.7 Å². The maximum atomic E-state index is 15.0. The normalized spacial score (nSPS) is 18.7. The van der Waals surface area contributed by atoms with E-state index >= 15 is 4.79 Å². The molecular formula is C76H100Cl2N11O21PS2. The summed E-state index contributed by atoms with van der Waals surface area (Å²) in [5, 5.41) is 9.82. The van der Waals surface area contributed by atoms with Gasteiger partial charge in [0.2, 0.25) is 23.6 Å². The molecule has 3 aliphatic carbocycles. The summed E-state index contributed by atoms with van der Waals surface area (Å²) in [6.45, 7) is 12.1. The summed E-state index contributed by atoms with van der Waals surface area (Å²) < 4.78 is 62.5. The lowest BCUT2D eigenvalue weighted by molar-refractivity contribution is -0.205. The number of thiocarbonyl (C=S) groups is 1. The maximum Gasteiger partial charge on any atom is 0.524 e. The number of phosphoric ester groups is 1. The second-order valence-electron chi connectivity index (χ2n) is 29.2. The number of aromatic nitrogens is 2. The molecule has 0 spiro atoms. The van der Waals surface area contributed by atoms with Gasteiger partial charge in [-0.05, 0) is 110 Å². The number of anilines is 3. The van der Waals surface area contributed by atoms with Gasteiger partial charge in [0.05, 0.1) is 130 Å². The van der Waals surface area contributed by atoms with E-state index in [1.165, 1.54) is 28.8 Å². The number of amides is 9. The van der Waals surface area contributed by atoms with Crippen LogP contribution in [0.2, 0.25) is 0 Å². The lowest BCUT2D eigenvalue weighted by atomic mass is 9.34. The van der Waals surface area contributed by atoms with E-state index in [2.05, 4.69) is 25.9 Å². The number of nitrogens with zero attached hydrogens (tertiary/aromatic N) is 5. The summed E-state index contributed by atoms with van der Waals surface area (Å²) in [6.07, 6.45) is 7.24. The molecule has 6 aliphatic rings. The van der Waals surface area contributed by atoms with Crippen molar-refractivity contribution in [2.45, 2.75) is 97.1 Å². The minimum absolute atomic E-state index is 0.0255. The van der Waals surface area contributed by atoms with Gasteiger partial charge in [-0.3, -0.25) is 48.2 Å². The molecule has 0 saturated heterocycles. The number of benzene rings is 3. The van der Waals surface area contributed by atoms with Crippen LogP contribution >= 0.6 is 55.0 Å². The number of alkyl halides is 2. The van der Waals surface area contributed by atoms with Gasteiger partial charge in [-0.2, -0.15) is 0 Å². The number of ketones is 1. The van der Waals surface area contributed by atoms with E-state index in [0.717, 1.165) is 32.5 Å². The summed E-state index contributed by atoms with van der Waals surface area (Å²) in [4.78, 5) is 154. The number of phosphoric acid groups is 1. The molecule has 0 unspecified atom stereocenters. The average molecular weight is 1670 g/mol. The third kappa shape index (κ3) is 21.4. The first kappa shape index (κ1) is 87.4. The number of fused-ring (bicyclic) bond motifs is 6. The Morgan fingerprint density at radius 2 is 1.25 bits per heavy atom. The van der Waals surface area contributed by atoms with Crippen LogP contribution in [0.15, 0.2) is 59.8 Å². The van der Waals surface area contributed by atoms with Gasteiger partial charge in [0.25, 0.3) is 17.0 Å². The van der Waals surface area contributed by atoms with E-state index < -0.39 is 54.6 Å². The summed E-state index contributed by atoms with van der Waals surface area (Å²) in [5.74, 6) is -3.14. The van der Waals surface area contributed by atoms with Crippen LogP contribution in [-0.4, -0.2) is 250 Å². The molecule has 5 heterocycles. The molecule has 9 amide bonds. The fourth-order valence-corrected chi connectivity index (χ4v) is 16.7.